The second kappa shape index (κ2) is 6.42. The van der Waals surface area contributed by atoms with Crippen molar-refractivity contribution in [2.45, 2.75) is 52.4 Å². The van der Waals surface area contributed by atoms with E-state index in [9.17, 15) is 0 Å². The summed E-state index contributed by atoms with van der Waals surface area (Å²) >= 11 is 0. The van der Waals surface area contributed by atoms with E-state index in [0.717, 1.165) is 11.8 Å². The van der Waals surface area contributed by atoms with E-state index in [2.05, 4.69) is 19.2 Å². The Morgan fingerprint density at radius 1 is 1.23 bits per heavy atom. The molecule has 0 aromatic heterocycles. The predicted molar refractivity (Wildman–Crippen MR) is 58.9 cm³/mol. The number of unbranched alkanes of at least 4 members (excludes halogenated alkanes) is 3. The highest BCUT2D eigenvalue weighted by Crippen LogP contribution is 2.35. The Kier molecular flexibility index (Phi) is 5.45. The van der Waals surface area contributed by atoms with Crippen LogP contribution < -0.4 is 5.32 Å². The fourth-order valence-electron chi connectivity index (χ4n) is 1.84. The van der Waals surface area contributed by atoms with Crippen LogP contribution in [-0.2, 0) is 0 Å². The molecular weight excluding hydrogens is 158 g/mol. The van der Waals surface area contributed by atoms with Crippen LogP contribution in [-0.4, -0.2) is 13.1 Å². The SMILES string of the molecule is CCCCCCNCC(C)C1CC1. The lowest BCUT2D eigenvalue weighted by Crippen LogP contribution is -2.23. The van der Waals surface area contributed by atoms with Crippen molar-refractivity contribution >= 4 is 0 Å². The molecule has 1 aliphatic carbocycles. The van der Waals surface area contributed by atoms with Crippen LogP contribution in [0.25, 0.3) is 0 Å². The summed E-state index contributed by atoms with van der Waals surface area (Å²) in [6.45, 7) is 7.13. The van der Waals surface area contributed by atoms with E-state index in [-0.39, 0.29) is 0 Å². The first kappa shape index (κ1) is 11.0. The van der Waals surface area contributed by atoms with E-state index >= 15 is 0 Å². The summed E-state index contributed by atoms with van der Waals surface area (Å²) in [5, 5.41) is 3.57. The summed E-state index contributed by atoms with van der Waals surface area (Å²) in [7, 11) is 0. The third-order valence-corrected chi connectivity index (χ3v) is 3.10. The second-order valence-corrected chi connectivity index (χ2v) is 4.58. The minimum absolute atomic E-state index is 0.922. The van der Waals surface area contributed by atoms with Crippen LogP contribution in [0, 0.1) is 11.8 Å². The van der Waals surface area contributed by atoms with Gasteiger partial charge in [0.2, 0.25) is 0 Å². The molecule has 1 saturated carbocycles. The molecule has 0 radical (unpaired) electrons. The summed E-state index contributed by atoms with van der Waals surface area (Å²) in [4.78, 5) is 0. The molecule has 0 aromatic carbocycles. The third kappa shape index (κ3) is 5.30. The third-order valence-electron chi connectivity index (χ3n) is 3.10. The second-order valence-electron chi connectivity index (χ2n) is 4.58. The van der Waals surface area contributed by atoms with Crippen molar-refractivity contribution in [3.63, 3.8) is 0 Å². The highest BCUT2D eigenvalue weighted by atomic mass is 14.9. The molecule has 1 rings (SSSR count). The largest absolute Gasteiger partial charge is 0.316 e. The Morgan fingerprint density at radius 3 is 2.62 bits per heavy atom. The first-order valence-electron chi connectivity index (χ1n) is 6.05. The fourth-order valence-corrected chi connectivity index (χ4v) is 1.84. The summed E-state index contributed by atoms with van der Waals surface area (Å²) in [6, 6.07) is 0. The highest BCUT2D eigenvalue weighted by Gasteiger charge is 2.27. The zero-order valence-electron chi connectivity index (χ0n) is 9.31. The molecule has 1 fully saturated rings. The maximum absolute atomic E-state index is 3.57. The Labute approximate surface area is 83.3 Å². The Hall–Kier alpha value is -0.0400. The summed E-state index contributed by atoms with van der Waals surface area (Å²) in [6.07, 6.45) is 8.49. The van der Waals surface area contributed by atoms with Gasteiger partial charge in [-0.05, 0) is 44.2 Å². The molecule has 13 heavy (non-hydrogen) atoms. The molecule has 1 unspecified atom stereocenters. The van der Waals surface area contributed by atoms with E-state index in [0.29, 0.717) is 0 Å². The molecule has 0 bridgehead atoms. The molecule has 1 heteroatoms. The van der Waals surface area contributed by atoms with Crippen molar-refractivity contribution in [1.82, 2.24) is 5.32 Å². The van der Waals surface area contributed by atoms with Gasteiger partial charge in [0.25, 0.3) is 0 Å². The lowest BCUT2D eigenvalue weighted by Gasteiger charge is -2.10. The van der Waals surface area contributed by atoms with Crippen LogP contribution in [0.4, 0.5) is 0 Å². The number of hydrogen-bond acceptors (Lipinski definition) is 1. The van der Waals surface area contributed by atoms with E-state index in [1.54, 1.807) is 0 Å². The van der Waals surface area contributed by atoms with E-state index in [4.69, 9.17) is 0 Å². The van der Waals surface area contributed by atoms with Crippen LogP contribution in [0.1, 0.15) is 52.4 Å². The monoisotopic (exact) mass is 183 g/mol. The van der Waals surface area contributed by atoms with Crippen molar-refractivity contribution in [3.8, 4) is 0 Å². The molecule has 0 aromatic rings. The van der Waals surface area contributed by atoms with E-state index in [1.165, 1.54) is 51.6 Å². The van der Waals surface area contributed by atoms with Gasteiger partial charge in [0.15, 0.2) is 0 Å². The predicted octanol–water partition coefficient (Wildman–Crippen LogP) is 3.20. The van der Waals surface area contributed by atoms with E-state index in [1.807, 2.05) is 0 Å². The van der Waals surface area contributed by atoms with Gasteiger partial charge in [-0.25, -0.2) is 0 Å². The van der Waals surface area contributed by atoms with Gasteiger partial charge in [-0.1, -0.05) is 33.1 Å². The molecular formula is C12H25N. The lowest BCUT2D eigenvalue weighted by molar-refractivity contribution is 0.455. The molecule has 0 aliphatic heterocycles. The molecule has 0 spiro atoms. The van der Waals surface area contributed by atoms with Crippen LogP contribution in [0.2, 0.25) is 0 Å². The van der Waals surface area contributed by atoms with Gasteiger partial charge in [-0.3, -0.25) is 0 Å². The lowest BCUT2D eigenvalue weighted by atomic mass is 10.1. The van der Waals surface area contributed by atoms with Gasteiger partial charge in [0.05, 0.1) is 0 Å². The molecule has 1 atom stereocenters. The maximum Gasteiger partial charge on any atom is -0.00205 e. The van der Waals surface area contributed by atoms with Crippen LogP contribution in [0.15, 0.2) is 0 Å². The molecule has 0 heterocycles. The Morgan fingerprint density at radius 2 is 2.00 bits per heavy atom. The average Bonchev–Trinajstić information content (AvgIpc) is 2.93. The van der Waals surface area contributed by atoms with Crippen LogP contribution >= 0.6 is 0 Å². The molecule has 0 amide bonds. The van der Waals surface area contributed by atoms with Gasteiger partial charge < -0.3 is 5.32 Å². The normalized spacial score (nSPS) is 18.9. The van der Waals surface area contributed by atoms with Crippen LogP contribution in [0.3, 0.4) is 0 Å². The van der Waals surface area contributed by atoms with Gasteiger partial charge in [-0.15, -0.1) is 0 Å². The number of hydrogen-bond donors (Lipinski definition) is 1. The molecule has 1 N–H and O–H groups in total. The van der Waals surface area contributed by atoms with Gasteiger partial charge >= 0.3 is 0 Å². The standard InChI is InChI=1S/C12H25N/c1-3-4-5-6-9-13-10-11(2)12-7-8-12/h11-13H,3-10H2,1-2H3. The molecule has 1 nitrogen and oxygen atoms in total. The van der Waals surface area contributed by atoms with Crippen molar-refractivity contribution in [1.29, 1.82) is 0 Å². The summed E-state index contributed by atoms with van der Waals surface area (Å²) in [5.74, 6) is 1.98. The van der Waals surface area contributed by atoms with E-state index < -0.39 is 0 Å². The molecule has 0 saturated heterocycles. The van der Waals surface area contributed by atoms with Crippen molar-refractivity contribution in [3.05, 3.63) is 0 Å². The zero-order chi connectivity index (χ0) is 9.52. The minimum Gasteiger partial charge on any atom is -0.316 e. The quantitative estimate of drug-likeness (QED) is 0.570. The Balaban J connectivity index is 1.77. The van der Waals surface area contributed by atoms with Crippen LogP contribution in [0.5, 0.6) is 0 Å². The zero-order valence-corrected chi connectivity index (χ0v) is 9.31. The minimum atomic E-state index is 0.922. The highest BCUT2D eigenvalue weighted by molar-refractivity contribution is 4.79. The first-order chi connectivity index (χ1) is 6.34. The smallest absolute Gasteiger partial charge is 0.00205 e. The van der Waals surface area contributed by atoms with Gasteiger partial charge in [0.1, 0.15) is 0 Å². The number of rotatable bonds is 8. The van der Waals surface area contributed by atoms with Crippen molar-refractivity contribution < 1.29 is 0 Å². The first-order valence-corrected chi connectivity index (χ1v) is 6.05. The van der Waals surface area contributed by atoms with Crippen molar-refractivity contribution in [2.24, 2.45) is 11.8 Å². The fraction of sp³-hybridized carbons (Fsp3) is 1.00. The number of nitrogens with one attached hydrogen (secondary N) is 1. The summed E-state index contributed by atoms with van der Waals surface area (Å²) < 4.78 is 0. The topological polar surface area (TPSA) is 12.0 Å². The van der Waals surface area contributed by atoms with Gasteiger partial charge in [-0.2, -0.15) is 0 Å². The molecule has 78 valence electrons. The summed E-state index contributed by atoms with van der Waals surface area (Å²) in [5.41, 5.74) is 0. The molecule has 1 aliphatic rings. The Bertz CT molecular complexity index is 118. The average molecular weight is 183 g/mol. The van der Waals surface area contributed by atoms with Gasteiger partial charge in [0, 0.05) is 0 Å². The maximum atomic E-state index is 3.57. The van der Waals surface area contributed by atoms with Crippen molar-refractivity contribution in [2.75, 3.05) is 13.1 Å².